The van der Waals surface area contributed by atoms with Crippen LogP contribution in [0.25, 0.3) is 5.69 Å². The van der Waals surface area contributed by atoms with Crippen LogP contribution in [0.1, 0.15) is 31.4 Å². The molecule has 0 saturated carbocycles. The average Bonchev–Trinajstić information content (AvgIpc) is 3.27. The number of carbonyl (C=O) groups is 1. The molecule has 6 nitrogen and oxygen atoms in total. The normalized spacial score (nSPS) is 15.6. The fourth-order valence-electron chi connectivity index (χ4n) is 3.23. The highest BCUT2D eigenvalue weighted by atomic mass is 35.5. The first kappa shape index (κ1) is 23.3. The highest BCUT2D eigenvalue weighted by Crippen LogP contribution is 2.15. The van der Waals surface area contributed by atoms with Gasteiger partial charge in [-0.2, -0.15) is 5.10 Å². The van der Waals surface area contributed by atoms with Crippen LogP contribution in [-0.2, 0) is 11.2 Å². The number of nitrogens with one attached hydrogen (secondary N) is 2. The molecule has 1 amide bonds. The highest BCUT2D eigenvalue weighted by Gasteiger charge is 2.15. The third-order valence-corrected chi connectivity index (χ3v) is 4.66. The Morgan fingerprint density at radius 1 is 1.30 bits per heavy atom. The molecule has 150 valence electrons. The van der Waals surface area contributed by atoms with Crippen molar-refractivity contribution in [2.24, 2.45) is 5.92 Å². The van der Waals surface area contributed by atoms with Crippen molar-refractivity contribution in [1.82, 2.24) is 20.4 Å². The third kappa shape index (κ3) is 7.05. The Morgan fingerprint density at radius 3 is 2.78 bits per heavy atom. The Balaban J connectivity index is 0.00000182. The van der Waals surface area contributed by atoms with Gasteiger partial charge in [0.15, 0.2) is 0 Å². The summed E-state index contributed by atoms with van der Waals surface area (Å²) >= 11 is 0. The number of carbonyl (C=O) groups excluding carboxylic acids is 1. The topological polar surface area (TPSA) is 85.0 Å². The van der Waals surface area contributed by atoms with E-state index in [9.17, 15) is 4.79 Å². The van der Waals surface area contributed by atoms with Crippen LogP contribution < -0.4 is 16.4 Å². The molecule has 3 rings (SSSR count). The number of nitrogens with zero attached hydrogens (tertiary/aromatic N) is 2. The van der Waals surface area contributed by atoms with Crippen molar-refractivity contribution in [3.05, 3.63) is 42.1 Å². The van der Waals surface area contributed by atoms with Gasteiger partial charge in [-0.05, 0) is 56.8 Å². The van der Waals surface area contributed by atoms with Crippen LogP contribution in [0.5, 0.6) is 0 Å². The van der Waals surface area contributed by atoms with Gasteiger partial charge in [0.25, 0.3) is 0 Å². The van der Waals surface area contributed by atoms with E-state index in [0.29, 0.717) is 24.7 Å². The molecule has 1 aromatic heterocycles. The lowest BCUT2D eigenvalue weighted by atomic mass is 10.0. The number of rotatable bonds is 8. The molecule has 0 bridgehead atoms. The van der Waals surface area contributed by atoms with Crippen LogP contribution in [0.3, 0.4) is 0 Å². The van der Waals surface area contributed by atoms with Crippen molar-refractivity contribution >= 4 is 36.5 Å². The number of amides is 1. The quantitative estimate of drug-likeness (QED) is 0.580. The van der Waals surface area contributed by atoms with Gasteiger partial charge in [-0.1, -0.05) is 18.2 Å². The maximum Gasteiger partial charge on any atom is 0.220 e. The molecule has 1 atom stereocenters. The van der Waals surface area contributed by atoms with Crippen molar-refractivity contribution in [3.8, 4) is 5.69 Å². The fraction of sp³-hybridized carbons (Fsp3) is 0.474. The number of nitrogen functional groups attached to an aromatic ring is 1. The molecule has 1 unspecified atom stereocenters. The molecule has 1 aliphatic rings. The number of anilines is 1. The Morgan fingerprint density at radius 2 is 2.07 bits per heavy atom. The smallest absolute Gasteiger partial charge is 0.220 e. The van der Waals surface area contributed by atoms with Gasteiger partial charge < -0.3 is 16.4 Å². The van der Waals surface area contributed by atoms with Crippen LogP contribution in [-0.4, -0.2) is 35.3 Å². The summed E-state index contributed by atoms with van der Waals surface area (Å²) < 4.78 is 1.75. The second-order valence-electron chi connectivity index (χ2n) is 6.66. The zero-order valence-corrected chi connectivity index (χ0v) is 17.0. The van der Waals surface area contributed by atoms with E-state index >= 15 is 0 Å². The van der Waals surface area contributed by atoms with E-state index < -0.39 is 0 Å². The number of hydrogen-bond acceptors (Lipinski definition) is 4. The van der Waals surface area contributed by atoms with Crippen molar-refractivity contribution in [2.45, 2.75) is 32.1 Å². The minimum atomic E-state index is 0. The summed E-state index contributed by atoms with van der Waals surface area (Å²) in [7, 11) is 0. The Hall–Kier alpha value is -1.76. The van der Waals surface area contributed by atoms with Gasteiger partial charge in [0.2, 0.25) is 5.91 Å². The number of nitrogens with two attached hydrogens (primary N) is 1. The van der Waals surface area contributed by atoms with Crippen LogP contribution in [0, 0.1) is 5.92 Å². The number of aryl methyl sites for hydroxylation is 1. The SMILES string of the molecule is Cl.Cl.Nc1cc(CCCNC(=O)CCC2CCNC2)nn1-c1ccccc1. The Bertz CT molecular complexity index is 687. The summed E-state index contributed by atoms with van der Waals surface area (Å²) in [5.74, 6) is 1.45. The zero-order valence-electron chi connectivity index (χ0n) is 15.4. The van der Waals surface area contributed by atoms with Crippen LogP contribution in [0.15, 0.2) is 36.4 Å². The van der Waals surface area contributed by atoms with Gasteiger partial charge in [0.1, 0.15) is 5.82 Å². The highest BCUT2D eigenvalue weighted by molar-refractivity contribution is 5.85. The molecule has 1 saturated heterocycles. The monoisotopic (exact) mass is 413 g/mol. The second-order valence-corrected chi connectivity index (χ2v) is 6.66. The number of para-hydroxylation sites is 1. The lowest BCUT2D eigenvalue weighted by Gasteiger charge is -2.08. The van der Waals surface area contributed by atoms with Crippen LogP contribution in [0.4, 0.5) is 5.82 Å². The van der Waals surface area contributed by atoms with E-state index in [1.54, 1.807) is 4.68 Å². The average molecular weight is 414 g/mol. The molecule has 4 N–H and O–H groups in total. The molecule has 2 heterocycles. The first-order chi connectivity index (χ1) is 12.2. The Labute approximate surface area is 173 Å². The van der Waals surface area contributed by atoms with E-state index in [-0.39, 0.29) is 30.7 Å². The summed E-state index contributed by atoms with van der Waals surface area (Å²) in [5.41, 5.74) is 7.96. The number of benzene rings is 1. The minimum Gasteiger partial charge on any atom is -0.384 e. The zero-order chi connectivity index (χ0) is 17.5. The molecular weight excluding hydrogens is 385 g/mol. The third-order valence-electron chi connectivity index (χ3n) is 4.66. The molecule has 2 aromatic rings. The summed E-state index contributed by atoms with van der Waals surface area (Å²) in [6.07, 6.45) is 4.47. The molecule has 0 radical (unpaired) electrons. The van der Waals surface area contributed by atoms with E-state index in [2.05, 4.69) is 15.7 Å². The van der Waals surface area contributed by atoms with Gasteiger partial charge in [-0.3, -0.25) is 4.79 Å². The maximum absolute atomic E-state index is 11.9. The first-order valence-corrected chi connectivity index (χ1v) is 9.09. The summed E-state index contributed by atoms with van der Waals surface area (Å²) in [4.78, 5) is 11.9. The molecule has 0 aliphatic carbocycles. The van der Waals surface area contributed by atoms with Crippen LogP contribution in [0.2, 0.25) is 0 Å². The van der Waals surface area contributed by atoms with Gasteiger partial charge in [-0.25, -0.2) is 4.68 Å². The molecule has 1 fully saturated rings. The predicted molar refractivity (Wildman–Crippen MR) is 114 cm³/mol. The first-order valence-electron chi connectivity index (χ1n) is 9.09. The summed E-state index contributed by atoms with van der Waals surface area (Å²) in [6.45, 7) is 2.82. The van der Waals surface area contributed by atoms with Crippen LogP contribution >= 0.6 is 24.8 Å². The molecule has 1 aromatic carbocycles. The molecule has 0 spiro atoms. The van der Waals surface area contributed by atoms with Gasteiger partial charge in [0.05, 0.1) is 11.4 Å². The van der Waals surface area contributed by atoms with E-state index in [1.165, 1.54) is 6.42 Å². The molecule has 1 aliphatic heterocycles. The summed E-state index contributed by atoms with van der Waals surface area (Å²) in [5, 5.41) is 10.9. The number of hydrogen-bond donors (Lipinski definition) is 3. The number of aromatic nitrogens is 2. The van der Waals surface area contributed by atoms with Crippen molar-refractivity contribution < 1.29 is 4.79 Å². The van der Waals surface area contributed by atoms with Gasteiger partial charge in [0, 0.05) is 19.0 Å². The minimum absolute atomic E-state index is 0. The largest absolute Gasteiger partial charge is 0.384 e. The molecule has 27 heavy (non-hydrogen) atoms. The summed E-state index contributed by atoms with van der Waals surface area (Å²) in [6, 6.07) is 11.8. The molecular formula is C19H29Cl2N5O. The standard InChI is InChI=1S/C19H27N5O.2ClH/c20-18-13-16(23-24(18)17-6-2-1-3-7-17)5-4-11-22-19(25)9-8-15-10-12-21-14-15;;/h1-3,6-7,13,15,21H,4-5,8-12,14,20H2,(H,22,25);2*1H. The maximum atomic E-state index is 11.9. The van der Waals surface area contributed by atoms with E-state index in [0.717, 1.165) is 43.7 Å². The predicted octanol–water partition coefficient (Wildman–Crippen LogP) is 2.74. The lowest BCUT2D eigenvalue weighted by Crippen LogP contribution is -2.25. The number of halogens is 2. The second kappa shape index (κ2) is 11.8. The van der Waals surface area contributed by atoms with Gasteiger partial charge >= 0.3 is 0 Å². The lowest BCUT2D eigenvalue weighted by molar-refractivity contribution is -0.121. The van der Waals surface area contributed by atoms with Crippen molar-refractivity contribution in [2.75, 3.05) is 25.4 Å². The van der Waals surface area contributed by atoms with E-state index in [1.807, 2.05) is 36.4 Å². The fourth-order valence-corrected chi connectivity index (χ4v) is 3.23. The van der Waals surface area contributed by atoms with Crippen molar-refractivity contribution in [3.63, 3.8) is 0 Å². The van der Waals surface area contributed by atoms with Crippen molar-refractivity contribution in [1.29, 1.82) is 0 Å². The molecule has 8 heteroatoms. The van der Waals surface area contributed by atoms with Gasteiger partial charge in [-0.15, -0.1) is 24.8 Å². The van der Waals surface area contributed by atoms with E-state index in [4.69, 9.17) is 5.73 Å². The Kier molecular flexibility index (Phi) is 10.2.